The Morgan fingerprint density at radius 1 is 1.29 bits per heavy atom. The molecule has 0 aliphatic carbocycles. The summed E-state index contributed by atoms with van der Waals surface area (Å²) in [5, 5.41) is 2.82. The van der Waals surface area contributed by atoms with E-state index in [1.54, 1.807) is 19.1 Å². The first-order valence-electron chi connectivity index (χ1n) is 7.28. The van der Waals surface area contributed by atoms with Crippen molar-refractivity contribution >= 4 is 16.9 Å². The minimum Gasteiger partial charge on any atom is -0.467 e. The van der Waals surface area contributed by atoms with Crippen molar-refractivity contribution in [1.82, 2.24) is 19.4 Å². The number of fused-ring (bicyclic) bond motifs is 1. The Morgan fingerprint density at radius 2 is 2.04 bits per heavy atom. The van der Waals surface area contributed by atoms with Gasteiger partial charge in [0.05, 0.1) is 23.8 Å². The largest absolute Gasteiger partial charge is 0.467 e. The number of aromatic nitrogens is 3. The highest BCUT2D eigenvalue weighted by Crippen LogP contribution is 2.14. The van der Waals surface area contributed by atoms with Gasteiger partial charge in [-0.15, -0.1) is 0 Å². The van der Waals surface area contributed by atoms with E-state index in [4.69, 9.17) is 4.42 Å². The number of nitrogens with one attached hydrogen (secondary N) is 1. The van der Waals surface area contributed by atoms with Crippen LogP contribution in [-0.2, 0) is 20.6 Å². The lowest BCUT2D eigenvalue weighted by molar-refractivity contribution is 0.0949. The minimum atomic E-state index is -0.552. The highest BCUT2D eigenvalue weighted by Gasteiger charge is 2.19. The number of amides is 1. The lowest BCUT2D eigenvalue weighted by atomic mass is 10.1. The summed E-state index contributed by atoms with van der Waals surface area (Å²) >= 11 is 0. The molecule has 1 amide bonds. The molecule has 8 heteroatoms. The van der Waals surface area contributed by atoms with E-state index in [9.17, 15) is 14.4 Å². The maximum atomic E-state index is 12.5. The van der Waals surface area contributed by atoms with Crippen molar-refractivity contribution in [1.29, 1.82) is 0 Å². The van der Waals surface area contributed by atoms with E-state index >= 15 is 0 Å². The summed E-state index contributed by atoms with van der Waals surface area (Å²) in [4.78, 5) is 41.3. The highest BCUT2D eigenvalue weighted by molar-refractivity contribution is 6.05. The zero-order chi connectivity index (χ0) is 17.4. The highest BCUT2D eigenvalue weighted by atomic mass is 16.3. The molecule has 0 atom stereocenters. The van der Waals surface area contributed by atoms with Gasteiger partial charge in [-0.2, -0.15) is 0 Å². The normalized spacial score (nSPS) is 11.0. The molecule has 3 aromatic heterocycles. The van der Waals surface area contributed by atoms with Crippen molar-refractivity contribution in [3.05, 3.63) is 62.3 Å². The van der Waals surface area contributed by atoms with Crippen LogP contribution in [0.3, 0.4) is 0 Å². The molecule has 24 heavy (non-hydrogen) atoms. The Morgan fingerprint density at radius 3 is 2.71 bits per heavy atom. The van der Waals surface area contributed by atoms with Crippen molar-refractivity contribution < 1.29 is 9.21 Å². The minimum absolute atomic E-state index is 0.113. The molecular weight excluding hydrogens is 312 g/mol. The van der Waals surface area contributed by atoms with E-state index in [0.29, 0.717) is 11.5 Å². The summed E-state index contributed by atoms with van der Waals surface area (Å²) in [6.45, 7) is 1.89. The Labute approximate surface area is 136 Å². The lowest BCUT2D eigenvalue weighted by Gasteiger charge is -2.11. The molecule has 1 N–H and O–H groups in total. The predicted molar refractivity (Wildman–Crippen MR) is 86.8 cm³/mol. The zero-order valence-electron chi connectivity index (χ0n) is 13.5. The number of furan rings is 1. The van der Waals surface area contributed by atoms with E-state index < -0.39 is 17.2 Å². The fourth-order valence-electron chi connectivity index (χ4n) is 2.54. The van der Waals surface area contributed by atoms with E-state index in [0.717, 1.165) is 4.57 Å². The fraction of sp³-hybridized carbons (Fsp3) is 0.250. The Balaban J connectivity index is 2.15. The molecule has 0 unspecified atom stereocenters. The molecule has 0 aliphatic heterocycles. The number of aryl methyl sites for hydroxylation is 2. The molecule has 0 radical (unpaired) electrons. The topological polar surface area (TPSA) is 99.1 Å². The van der Waals surface area contributed by atoms with Crippen LogP contribution >= 0.6 is 0 Å². The molecule has 3 heterocycles. The van der Waals surface area contributed by atoms with Crippen molar-refractivity contribution in [3.8, 4) is 0 Å². The predicted octanol–water partition coefficient (Wildman–Crippen LogP) is 0.464. The summed E-state index contributed by atoms with van der Waals surface area (Å²) in [5.41, 5.74) is -0.142. The second-order valence-corrected chi connectivity index (χ2v) is 5.48. The van der Waals surface area contributed by atoms with Gasteiger partial charge in [0.1, 0.15) is 11.4 Å². The van der Waals surface area contributed by atoms with E-state index in [2.05, 4.69) is 10.3 Å². The molecule has 124 valence electrons. The van der Waals surface area contributed by atoms with Crippen LogP contribution in [-0.4, -0.2) is 20.0 Å². The van der Waals surface area contributed by atoms with Gasteiger partial charge in [0.15, 0.2) is 0 Å². The fourth-order valence-corrected chi connectivity index (χ4v) is 2.54. The smallest absolute Gasteiger partial charge is 0.332 e. The van der Waals surface area contributed by atoms with Gasteiger partial charge >= 0.3 is 5.69 Å². The molecular formula is C16H16N4O4. The Hall–Kier alpha value is -3.16. The van der Waals surface area contributed by atoms with Crippen LogP contribution < -0.4 is 16.6 Å². The molecule has 8 nitrogen and oxygen atoms in total. The Kier molecular flexibility index (Phi) is 3.80. The third kappa shape index (κ3) is 2.51. The quantitative estimate of drug-likeness (QED) is 0.753. The van der Waals surface area contributed by atoms with Crippen LogP contribution in [0.25, 0.3) is 11.0 Å². The second-order valence-electron chi connectivity index (χ2n) is 5.48. The summed E-state index contributed by atoms with van der Waals surface area (Å²) in [6.07, 6.45) is 1.51. The number of carbonyl (C=O) groups excluding carboxylic acids is 1. The first kappa shape index (κ1) is 15.7. The van der Waals surface area contributed by atoms with Gasteiger partial charge in [0.25, 0.3) is 11.5 Å². The van der Waals surface area contributed by atoms with Crippen LogP contribution in [0.4, 0.5) is 0 Å². The van der Waals surface area contributed by atoms with Gasteiger partial charge < -0.3 is 9.73 Å². The van der Waals surface area contributed by atoms with Crippen molar-refractivity contribution in [2.75, 3.05) is 0 Å². The number of hydrogen-bond donors (Lipinski definition) is 1. The van der Waals surface area contributed by atoms with E-state index in [1.807, 2.05) is 0 Å². The van der Waals surface area contributed by atoms with E-state index in [1.165, 1.54) is 31.0 Å². The first-order valence-corrected chi connectivity index (χ1v) is 7.28. The van der Waals surface area contributed by atoms with Crippen LogP contribution in [0.15, 0.2) is 38.5 Å². The average molecular weight is 328 g/mol. The zero-order valence-corrected chi connectivity index (χ0v) is 13.5. The third-order valence-corrected chi connectivity index (χ3v) is 3.79. The number of pyridine rings is 1. The summed E-state index contributed by atoms with van der Waals surface area (Å²) in [6, 6.07) is 4.99. The van der Waals surface area contributed by atoms with Gasteiger partial charge in [0.2, 0.25) is 0 Å². The summed E-state index contributed by atoms with van der Waals surface area (Å²) in [5.74, 6) is 0.163. The second kappa shape index (κ2) is 5.80. The number of hydrogen-bond acceptors (Lipinski definition) is 5. The molecule has 0 saturated carbocycles. The monoisotopic (exact) mass is 328 g/mol. The van der Waals surface area contributed by atoms with Gasteiger partial charge in [-0.25, -0.2) is 9.78 Å². The van der Waals surface area contributed by atoms with Crippen molar-refractivity contribution in [2.24, 2.45) is 14.1 Å². The van der Waals surface area contributed by atoms with Gasteiger partial charge in [-0.1, -0.05) is 0 Å². The summed E-state index contributed by atoms with van der Waals surface area (Å²) < 4.78 is 7.39. The van der Waals surface area contributed by atoms with Gasteiger partial charge in [-0.3, -0.25) is 18.7 Å². The van der Waals surface area contributed by atoms with Crippen LogP contribution in [0, 0.1) is 6.92 Å². The summed E-state index contributed by atoms with van der Waals surface area (Å²) in [7, 11) is 2.88. The molecule has 0 spiro atoms. The molecule has 0 saturated heterocycles. The van der Waals surface area contributed by atoms with E-state index in [-0.39, 0.29) is 23.1 Å². The van der Waals surface area contributed by atoms with Crippen molar-refractivity contribution in [3.63, 3.8) is 0 Å². The maximum absolute atomic E-state index is 12.5. The number of carbonyl (C=O) groups is 1. The molecule has 0 aliphatic rings. The molecule has 3 rings (SSSR count). The van der Waals surface area contributed by atoms with Crippen LogP contribution in [0.5, 0.6) is 0 Å². The SMILES string of the molecule is Cc1cc(C(=O)NCc2ccco2)c2c(=O)n(C)c(=O)n(C)c2n1. The number of nitrogens with zero attached hydrogens (tertiary/aromatic N) is 3. The van der Waals surface area contributed by atoms with Gasteiger partial charge in [-0.05, 0) is 25.1 Å². The molecule has 3 aromatic rings. The van der Waals surface area contributed by atoms with Crippen molar-refractivity contribution in [2.45, 2.75) is 13.5 Å². The average Bonchev–Trinajstić information content (AvgIpc) is 3.08. The number of rotatable bonds is 3. The Bertz CT molecular complexity index is 1040. The molecule has 0 aromatic carbocycles. The first-order chi connectivity index (χ1) is 11.4. The third-order valence-electron chi connectivity index (χ3n) is 3.79. The lowest BCUT2D eigenvalue weighted by Crippen LogP contribution is -2.38. The van der Waals surface area contributed by atoms with Crippen LogP contribution in [0.2, 0.25) is 0 Å². The van der Waals surface area contributed by atoms with Gasteiger partial charge in [0, 0.05) is 19.8 Å². The maximum Gasteiger partial charge on any atom is 0.332 e. The standard InChI is InChI=1S/C16H16N4O4/c1-9-7-11(14(21)17-8-10-5-4-6-24-10)12-13(18-9)19(2)16(23)20(3)15(12)22/h4-7H,8H2,1-3H3,(H,17,21). The molecule has 0 bridgehead atoms. The molecule has 0 fully saturated rings. The van der Waals surface area contributed by atoms with Crippen LogP contribution in [0.1, 0.15) is 21.8 Å².